The fraction of sp³-hybridized carbons (Fsp3) is 0.286. The zero-order valence-corrected chi connectivity index (χ0v) is 11.3. The Morgan fingerprint density at radius 2 is 1.72 bits per heavy atom. The van der Waals surface area contributed by atoms with Gasteiger partial charge >= 0.3 is 0 Å². The van der Waals surface area contributed by atoms with E-state index in [1.807, 2.05) is 38.1 Å². The third-order valence-corrected chi connectivity index (χ3v) is 3.26. The Labute approximate surface area is 112 Å². The van der Waals surface area contributed by atoms with Crippen molar-refractivity contribution in [3.8, 4) is 11.4 Å². The molecule has 0 atom stereocenters. The van der Waals surface area contributed by atoms with Gasteiger partial charge in [-0.3, -0.25) is 0 Å². The second-order valence-electron chi connectivity index (χ2n) is 4.22. The molecule has 3 nitrogen and oxygen atoms in total. The van der Waals surface area contributed by atoms with Gasteiger partial charge in [-0.15, -0.1) is 0 Å². The van der Waals surface area contributed by atoms with Gasteiger partial charge in [0.15, 0.2) is 5.82 Å². The number of aryl methyl sites for hydroxylation is 2. The molecular formula is C14H16ClN3. The quantitative estimate of drug-likeness (QED) is 0.924. The normalized spacial score (nSPS) is 10.7. The predicted molar refractivity (Wildman–Crippen MR) is 74.7 cm³/mol. The second-order valence-corrected chi connectivity index (χ2v) is 4.62. The smallest absolute Gasteiger partial charge is 0.161 e. The Kier molecular flexibility index (Phi) is 3.94. The van der Waals surface area contributed by atoms with E-state index in [0.717, 1.165) is 28.9 Å². The summed E-state index contributed by atoms with van der Waals surface area (Å²) in [6, 6.07) is 7.61. The number of halogens is 1. The highest BCUT2D eigenvalue weighted by molar-refractivity contribution is 6.33. The predicted octanol–water partition coefficient (Wildman–Crippen LogP) is 2.92. The van der Waals surface area contributed by atoms with E-state index in [1.54, 1.807) is 0 Å². The summed E-state index contributed by atoms with van der Waals surface area (Å²) in [5.41, 5.74) is 9.54. The summed E-state index contributed by atoms with van der Waals surface area (Å²) in [6.07, 6.45) is 0.806. The monoisotopic (exact) mass is 261 g/mol. The van der Waals surface area contributed by atoms with E-state index in [9.17, 15) is 0 Å². The molecule has 0 spiro atoms. The molecule has 0 aliphatic carbocycles. The SMILES string of the molecule is Cc1nc(-c2ccccc2Cl)nc(C)c1CCN. The van der Waals surface area contributed by atoms with Crippen LogP contribution in [-0.2, 0) is 6.42 Å². The molecule has 0 unspecified atom stereocenters. The lowest BCUT2D eigenvalue weighted by Gasteiger charge is -2.10. The molecule has 2 N–H and O–H groups in total. The Balaban J connectivity index is 2.52. The first-order valence-corrected chi connectivity index (χ1v) is 6.30. The van der Waals surface area contributed by atoms with Crippen molar-refractivity contribution in [3.05, 3.63) is 46.2 Å². The summed E-state index contributed by atoms with van der Waals surface area (Å²) < 4.78 is 0. The van der Waals surface area contributed by atoms with Gasteiger partial charge in [0.2, 0.25) is 0 Å². The molecular weight excluding hydrogens is 246 g/mol. The summed E-state index contributed by atoms with van der Waals surface area (Å²) in [7, 11) is 0. The Morgan fingerprint density at radius 3 is 2.28 bits per heavy atom. The topological polar surface area (TPSA) is 51.8 Å². The molecule has 94 valence electrons. The molecule has 4 heteroatoms. The van der Waals surface area contributed by atoms with Gasteiger partial charge in [0.1, 0.15) is 0 Å². The number of aromatic nitrogens is 2. The van der Waals surface area contributed by atoms with Gasteiger partial charge in [-0.2, -0.15) is 0 Å². The molecule has 0 saturated heterocycles. The third-order valence-electron chi connectivity index (χ3n) is 2.93. The van der Waals surface area contributed by atoms with Crippen molar-refractivity contribution in [1.29, 1.82) is 0 Å². The molecule has 2 aromatic rings. The number of rotatable bonds is 3. The van der Waals surface area contributed by atoms with E-state index in [0.29, 0.717) is 17.4 Å². The van der Waals surface area contributed by atoms with Gasteiger partial charge in [0, 0.05) is 17.0 Å². The molecule has 0 fully saturated rings. The van der Waals surface area contributed by atoms with Gasteiger partial charge in [-0.05, 0) is 44.5 Å². The summed E-state index contributed by atoms with van der Waals surface area (Å²) >= 11 is 6.16. The fourth-order valence-electron chi connectivity index (χ4n) is 2.01. The van der Waals surface area contributed by atoms with Gasteiger partial charge in [0.05, 0.1) is 5.02 Å². The molecule has 0 saturated carbocycles. The van der Waals surface area contributed by atoms with Crippen LogP contribution in [0.3, 0.4) is 0 Å². The van der Waals surface area contributed by atoms with Crippen LogP contribution in [0.5, 0.6) is 0 Å². The first kappa shape index (κ1) is 13.0. The molecule has 0 radical (unpaired) electrons. The maximum absolute atomic E-state index is 6.16. The largest absolute Gasteiger partial charge is 0.330 e. The third kappa shape index (κ3) is 2.52. The van der Waals surface area contributed by atoms with Crippen molar-refractivity contribution in [3.63, 3.8) is 0 Å². The van der Waals surface area contributed by atoms with Crippen molar-refractivity contribution in [2.45, 2.75) is 20.3 Å². The Hall–Kier alpha value is -1.45. The van der Waals surface area contributed by atoms with E-state index in [2.05, 4.69) is 9.97 Å². The van der Waals surface area contributed by atoms with E-state index in [1.165, 1.54) is 0 Å². The Bertz CT molecular complexity index is 544. The minimum absolute atomic E-state index is 0.608. The molecule has 1 aromatic heterocycles. The molecule has 1 heterocycles. The number of nitrogens with zero attached hydrogens (tertiary/aromatic N) is 2. The highest BCUT2D eigenvalue weighted by Crippen LogP contribution is 2.26. The van der Waals surface area contributed by atoms with Crippen LogP contribution in [0.15, 0.2) is 24.3 Å². The number of hydrogen-bond acceptors (Lipinski definition) is 3. The first-order valence-electron chi connectivity index (χ1n) is 5.92. The summed E-state index contributed by atoms with van der Waals surface area (Å²) in [4.78, 5) is 9.07. The average Bonchev–Trinajstić information content (AvgIpc) is 2.34. The molecule has 18 heavy (non-hydrogen) atoms. The van der Waals surface area contributed by atoms with Crippen LogP contribution in [0.1, 0.15) is 17.0 Å². The van der Waals surface area contributed by atoms with E-state index in [-0.39, 0.29) is 0 Å². The molecule has 0 aliphatic heterocycles. The first-order chi connectivity index (χ1) is 8.63. The standard InChI is InChI=1S/C14H16ClN3/c1-9-11(7-8-16)10(2)18-14(17-9)12-5-3-4-6-13(12)15/h3-6H,7-8,16H2,1-2H3. The van der Waals surface area contributed by atoms with E-state index in [4.69, 9.17) is 17.3 Å². The minimum Gasteiger partial charge on any atom is -0.330 e. The van der Waals surface area contributed by atoms with E-state index >= 15 is 0 Å². The van der Waals surface area contributed by atoms with Crippen LogP contribution >= 0.6 is 11.6 Å². The van der Waals surface area contributed by atoms with Gasteiger partial charge < -0.3 is 5.73 Å². The average molecular weight is 262 g/mol. The number of hydrogen-bond donors (Lipinski definition) is 1. The Morgan fingerprint density at radius 1 is 1.11 bits per heavy atom. The zero-order valence-electron chi connectivity index (χ0n) is 10.6. The van der Waals surface area contributed by atoms with Gasteiger partial charge in [-0.25, -0.2) is 9.97 Å². The highest BCUT2D eigenvalue weighted by Gasteiger charge is 2.11. The van der Waals surface area contributed by atoms with Gasteiger partial charge in [0.25, 0.3) is 0 Å². The van der Waals surface area contributed by atoms with Crippen molar-refractivity contribution in [1.82, 2.24) is 9.97 Å². The van der Waals surface area contributed by atoms with Crippen molar-refractivity contribution in [2.24, 2.45) is 5.73 Å². The lowest BCUT2D eigenvalue weighted by Crippen LogP contribution is -2.09. The van der Waals surface area contributed by atoms with Crippen LogP contribution in [0.2, 0.25) is 5.02 Å². The summed E-state index contributed by atoms with van der Waals surface area (Å²) in [5, 5.41) is 0.669. The molecule has 2 rings (SSSR count). The van der Waals surface area contributed by atoms with Crippen molar-refractivity contribution >= 4 is 11.6 Å². The van der Waals surface area contributed by atoms with Gasteiger partial charge in [-0.1, -0.05) is 23.7 Å². The molecule has 0 bridgehead atoms. The minimum atomic E-state index is 0.608. The van der Waals surface area contributed by atoms with E-state index < -0.39 is 0 Å². The highest BCUT2D eigenvalue weighted by atomic mass is 35.5. The van der Waals surface area contributed by atoms with Crippen molar-refractivity contribution in [2.75, 3.05) is 6.54 Å². The lowest BCUT2D eigenvalue weighted by atomic mass is 10.1. The zero-order chi connectivity index (χ0) is 13.1. The van der Waals surface area contributed by atoms with Crippen LogP contribution < -0.4 is 5.73 Å². The van der Waals surface area contributed by atoms with Crippen LogP contribution in [0.4, 0.5) is 0 Å². The maximum Gasteiger partial charge on any atom is 0.161 e. The lowest BCUT2D eigenvalue weighted by molar-refractivity contribution is 0.899. The van der Waals surface area contributed by atoms with Crippen molar-refractivity contribution < 1.29 is 0 Å². The summed E-state index contributed by atoms with van der Waals surface area (Å²) in [5.74, 6) is 0.677. The van der Waals surface area contributed by atoms with Crippen LogP contribution in [0, 0.1) is 13.8 Å². The number of benzene rings is 1. The van der Waals surface area contributed by atoms with Crippen LogP contribution in [0.25, 0.3) is 11.4 Å². The molecule has 0 amide bonds. The molecule has 1 aromatic carbocycles. The van der Waals surface area contributed by atoms with Crippen LogP contribution in [-0.4, -0.2) is 16.5 Å². The maximum atomic E-state index is 6.16. The summed E-state index contributed by atoms with van der Waals surface area (Å²) in [6.45, 7) is 4.58. The molecule has 0 aliphatic rings. The number of nitrogens with two attached hydrogens (primary N) is 1. The second kappa shape index (κ2) is 5.46. The fourth-order valence-corrected chi connectivity index (χ4v) is 2.23.